The summed E-state index contributed by atoms with van der Waals surface area (Å²) in [5, 5.41) is 0. The Kier molecular flexibility index (Phi) is 4.38. The number of alkyl halides is 1. The van der Waals surface area contributed by atoms with Crippen molar-refractivity contribution >= 4 is 27.6 Å². The molecule has 1 aromatic rings. The highest BCUT2D eigenvalue weighted by Gasteiger charge is 2.18. The van der Waals surface area contributed by atoms with E-state index in [1.54, 1.807) is 30.3 Å². The van der Waals surface area contributed by atoms with Gasteiger partial charge in [0.2, 0.25) is 0 Å². The lowest BCUT2D eigenvalue weighted by atomic mass is 10.3. The zero-order valence-corrected chi connectivity index (χ0v) is 9.58. The third-order valence-electron chi connectivity index (χ3n) is 1.82. The highest BCUT2D eigenvalue weighted by atomic mass is 35.5. The van der Waals surface area contributed by atoms with E-state index >= 15 is 0 Å². The molecule has 4 nitrogen and oxygen atoms in total. The predicted molar refractivity (Wildman–Crippen MR) is 60.7 cm³/mol. The van der Waals surface area contributed by atoms with Gasteiger partial charge in [-0.1, -0.05) is 18.2 Å². The van der Waals surface area contributed by atoms with E-state index in [-0.39, 0.29) is 6.54 Å². The highest BCUT2D eigenvalue weighted by molar-refractivity contribution is 7.87. The summed E-state index contributed by atoms with van der Waals surface area (Å²) < 4.78 is 32.1. The monoisotopic (exact) mass is 249 g/mol. The van der Waals surface area contributed by atoms with Gasteiger partial charge in [0, 0.05) is 12.4 Å². The van der Waals surface area contributed by atoms with Crippen molar-refractivity contribution in [1.82, 2.24) is 0 Å². The minimum Gasteiger partial charge on any atom is -0.269 e. The predicted octanol–water partition coefficient (Wildman–Crippen LogP) is 1.92. The van der Waals surface area contributed by atoms with Gasteiger partial charge in [0.1, 0.15) is 0 Å². The molecule has 84 valence electrons. The van der Waals surface area contributed by atoms with Crippen molar-refractivity contribution in [3.05, 3.63) is 30.3 Å². The maximum Gasteiger partial charge on any atom is 0.359 e. The van der Waals surface area contributed by atoms with Gasteiger partial charge in [-0.15, -0.1) is 11.6 Å². The topological polar surface area (TPSA) is 57.6 Å². The lowest BCUT2D eigenvalue weighted by Crippen LogP contribution is -2.31. The van der Waals surface area contributed by atoms with Gasteiger partial charge in [0.05, 0.1) is 5.69 Å². The molecule has 0 amide bonds. The van der Waals surface area contributed by atoms with Gasteiger partial charge in [-0.05, 0) is 18.6 Å². The highest BCUT2D eigenvalue weighted by Crippen LogP contribution is 2.16. The van der Waals surface area contributed by atoms with Gasteiger partial charge >= 0.3 is 10.3 Å². The molecule has 6 heteroatoms. The van der Waals surface area contributed by atoms with E-state index < -0.39 is 10.3 Å². The molecule has 0 aliphatic heterocycles. The van der Waals surface area contributed by atoms with Crippen molar-refractivity contribution in [3.8, 4) is 0 Å². The zero-order chi connectivity index (χ0) is 11.3. The summed E-state index contributed by atoms with van der Waals surface area (Å²) >= 11 is 5.48. The molecule has 1 N–H and O–H groups in total. The van der Waals surface area contributed by atoms with E-state index in [0.29, 0.717) is 18.0 Å². The number of para-hydroxylation sites is 1. The summed E-state index contributed by atoms with van der Waals surface area (Å²) in [4.78, 5) is 0. The normalized spacial score (nSPS) is 11.3. The van der Waals surface area contributed by atoms with Crippen LogP contribution in [-0.4, -0.2) is 25.4 Å². The summed E-state index contributed by atoms with van der Waals surface area (Å²) in [6.45, 7) is 0.173. The molecule has 0 aromatic heterocycles. The van der Waals surface area contributed by atoms with E-state index in [2.05, 4.69) is 0 Å². The van der Waals surface area contributed by atoms with Crippen LogP contribution >= 0.6 is 11.6 Å². The largest absolute Gasteiger partial charge is 0.359 e. The number of anilines is 1. The maximum atomic E-state index is 11.1. The molecular formula is C9H12ClNO3S. The van der Waals surface area contributed by atoms with Crippen LogP contribution in [0.1, 0.15) is 6.42 Å². The second kappa shape index (κ2) is 5.34. The molecule has 0 heterocycles. The van der Waals surface area contributed by atoms with E-state index in [1.807, 2.05) is 0 Å². The molecule has 0 saturated heterocycles. The van der Waals surface area contributed by atoms with Crippen molar-refractivity contribution in [3.63, 3.8) is 0 Å². The summed E-state index contributed by atoms with van der Waals surface area (Å²) in [5.41, 5.74) is 0.435. The number of benzene rings is 1. The first kappa shape index (κ1) is 12.3. The SMILES string of the molecule is O=S(=O)(O)N(CCCCl)c1ccccc1. The molecule has 0 unspecified atom stereocenters. The standard InChI is InChI=1S/C9H12ClNO3S/c10-7-4-8-11(15(12,13)14)9-5-2-1-3-6-9/h1-3,5-6H,4,7-8H2,(H,12,13,14). The van der Waals surface area contributed by atoms with Crippen molar-refractivity contribution in [1.29, 1.82) is 0 Å². The average Bonchev–Trinajstić information content (AvgIpc) is 2.18. The number of halogens is 1. The minimum atomic E-state index is -4.22. The van der Waals surface area contributed by atoms with Crippen molar-refractivity contribution in [2.24, 2.45) is 0 Å². The Morgan fingerprint density at radius 2 is 1.87 bits per heavy atom. The summed E-state index contributed by atoms with van der Waals surface area (Å²) in [7, 11) is -4.22. The lowest BCUT2D eigenvalue weighted by Gasteiger charge is -2.20. The lowest BCUT2D eigenvalue weighted by molar-refractivity contribution is 0.477. The molecule has 0 radical (unpaired) electrons. The van der Waals surface area contributed by atoms with Gasteiger partial charge in [0.15, 0.2) is 0 Å². The summed E-state index contributed by atoms with van der Waals surface area (Å²) in [5.74, 6) is 0.346. The van der Waals surface area contributed by atoms with E-state index in [1.165, 1.54) is 0 Å². The van der Waals surface area contributed by atoms with Crippen LogP contribution in [0.3, 0.4) is 0 Å². The second-order valence-electron chi connectivity index (χ2n) is 2.93. The molecule has 0 spiro atoms. The van der Waals surface area contributed by atoms with Gasteiger partial charge in [-0.2, -0.15) is 8.42 Å². The summed E-state index contributed by atoms with van der Waals surface area (Å²) in [6, 6.07) is 8.40. The Morgan fingerprint density at radius 1 is 1.27 bits per heavy atom. The first-order valence-corrected chi connectivity index (χ1v) is 6.35. The van der Waals surface area contributed by atoms with Crippen LogP contribution < -0.4 is 4.31 Å². The fourth-order valence-electron chi connectivity index (χ4n) is 1.18. The van der Waals surface area contributed by atoms with Crippen LogP contribution in [0.25, 0.3) is 0 Å². The number of hydrogen-bond acceptors (Lipinski definition) is 2. The molecule has 1 aromatic carbocycles. The van der Waals surface area contributed by atoms with Gasteiger partial charge in [0.25, 0.3) is 0 Å². The van der Waals surface area contributed by atoms with Gasteiger partial charge in [-0.25, -0.2) is 4.31 Å². The van der Waals surface area contributed by atoms with E-state index in [9.17, 15) is 8.42 Å². The van der Waals surface area contributed by atoms with Crippen molar-refractivity contribution in [2.75, 3.05) is 16.7 Å². The smallest absolute Gasteiger partial charge is 0.269 e. The van der Waals surface area contributed by atoms with E-state index in [0.717, 1.165) is 4.31 Å². The second-order valence-corrected chi connectivity index (χ2v) is 4.64. The fourth-order valence-corrected chi connectivity index (χ4v) is 2.04. The van der Waals surface area contributed by atoms with Crippen LogP contribution in [0.15, 0.2) is 30.3 Å². The summed E-state index contributed by atoms with van der Waals surface area (Å²) in [6.07, 6.45) is 0.482. The number of nitrogens with zero attached hydrogens (tertiary/aromatic N) is 1. The zero-order valence-electron chi connectivity index (χ0n) is 8.01. The number of rotatable bonds is 5. The van der Waals surface area contributed by atoms with Crippen LogP contribution in [0, 0.1) is 0 Å². The molecular weight excluding hydrogens is 238 g/mol. The van der Waals surface area contributed by atoms with Crippen LogP contribution in [0.2, 0.25) is 0 Å². The van der Waals surface area contributed by atoms with Crippen LogP contribution in [0.4, 0.5) is 5.69 Å². The van der Waals surface area contributed by atoms with Crippen molar-refractivity contribution < 1.29 is 13.0 Å². The molecule has 0 atom stereocenters. The van der Waals surface area contributed by atoms with Crippen LogP contribution in [-0.2, 0) is 10.3 Å². The first-order valence-electron chi connectivity index (χ1n) is 4.42. The van der Waals surface area contributed by atoms with Gasteiger partial charge < -0.3 is 0 Å². The molecule has 0 aliphatic rings. The Hall–Kier alpha value is -0.780. The third kappa shape index (κ3) is 3.70. The molecule has 0 saturated carbocycles. The Bertz CT molecular complexity index is 393. The third-order valence-corrected chi connectivity index (χ3v) is 3.04. The maximum absolute atomic E-state index is 11.1. The first-order chi connectivity index (χ1) is 7.05. The van der Waals surface area contributed by atoms with E-state index in [4.69, 9.17) is 16.2 Å². The Morgan fingerprint density at radius 3 is 2.33 bits per heavy atom. The fraction of sp³-hybridized carbons (Fsp3) is 0.333. The molecule has 15 heavy (non-hydrogen) atoms. The minimum absolute atomic E-state index is 0.173. The number of hydrogen-bond donors (Lipinski definition) is 1. The van der Waals surface area contributed by atoms with Crippen LogP contribution in [0.5, 0.6) is 0 Å². The van der Waals surface area contributed by atoms with Gasteiger partial charge in [-0.3, -0.25) is 4.55 Å². The van der Waals surface area contributed by atoms with Crippen molar-refractivity contribution in [2.45, 2.75) is 6.42 Å². The molecule has 0 bridgehead atoms. The molecule has 0 fully saturated rings. The quantitative estimate of drug-likeness (QED) is 0.641. The Balaban J connectivity index is 2.92. The Labute approximate surface area is 94.4 Å². The molecule has 0 aliphatic carbocycles. The molecule has 1 rings (SSSR count). The average molecular weight is 250 g/mol.